The third-order valence-electron chi connectivity index (χ3n) is 1.62. The number of hydrogen-bond donors (Lipinski definition) is 0. The van der Waals surface area contributed by atoms with Gasteiger partial charge in [-0.2, -0.15) is 5.26 Å². The molecule has 1 rings (SSSR count). The summed E-state index contributed by atoms with van der Waals surface area (Å²) >= 11 is 11.5. The lowest BCUT2D eigenvalue weighted by Gasteiger charge is -2.09. The van der Waals surface area contributed by atoms with Gasteiger partial charge in [-0.1, -0.05) is 17.7 Å². The summed E-state index contributed by atoms with van der Waals surface area (Å²) in [6, 6.07) is 3.14. The minimum atomic E-state index is -2.78. The summed E-state index contributed by atoms with van der Waals surface area (Å²) in [5, 5.41) is 8.67. The molecular formula is C8H7Cl2N3OS. The molecule has 80 valence electrons. The molecular weight excluding hydrogens is 257 g/mol. The van der Waals surface area contributed by atoms with Crippen LogP contribution in [0.25, 0.3) is 0 Å². The van der Waals surface area contributed by atoms with Gasteiger partial charge in [0.2, 0.25) is 6.19 Å². The van der Waals surface area contributed by atoms with Gasteiger partial charge in [0.25, 0.3) is 0 Å². The first-order chi connectivity index (χ1) is 6.97. The molecule has 0 bridgehead atoms. The average Bonchev–Trinajstić information content (AvgIpc) is 2.18. The molecule has 0 aromatic carbocycles. The minimum Gasteiger partial charge on any atom is -0.247 e. The molecule has 0 aliphatic heterocycles. The third-order valence-corrected chi connectivity index (χ3v) is 4.57. The first-order valence-corrected chi connectivity index (χ1v) is 6.62. The molecule has 0 fully saturated rings. The molecule has 0 spiro atoms. The van der Waals surface area contributed by atoms with Gasteiger partial charge in [0.05, 0.1) is 9.73 Å². The van der Waals surface area contributed by atoms with Crippen molar-refractivity contribution in [3.63, 3.8) is 0 Å². The highest BCUT2D eigenvalue weighted by Crippen LogP contribution is 2.27. The van der Waals surface area contributed by atoms with Crippen molar-refractivity contribution < 1.29 is 4.21 Å². The summed E-state index contributed by atoms with van der Waals surface area (Å²) in [6.45, 7) is 0. The van der Waals surface area contributed by atoms with Crippen LogP contribution in [0.15, 0.2) is 22.7 Å². The Labute approximate surface area is 98.0 Å². The van der Waals surface area contributed by atoms with E-state index in [0.717, 1.165) is 0 Å². The Morgan fingerprint density at radius 2 is 2.33 bits per heavy atom. The fourth-order valence-electron chi connectivity index (χ4n) is 0.901. The van der Waals surface area contributed by atoms with Gasteiger partial charge in [-0.3, -0.25) is 0 Å². The van der Waals surface area contributed by atoms with Crippen LogP contribution in [0.4, 0.5) is 0 Å². The molecule has 0 radical (unpaired) electrons. The summed E-state index contributed by atoms with van der Waals surface area (Å²) in [4.78, 5) is 3.80. The highest BCUT2D eigenvalue weighted by Gasteiger charge is 2.18. The van der Waals surface area contributed by atoms with Crippen molar-refractivity contribution in [1.29, 1.82) is 5.26 Å². The van der Waals surface area contributed by atoms with Crippen LogP contribution in [-0.2, 0) is 9.73 Å². The molecule has 1 aromatic heterocycles. The molecule has 1 aromatic rings. The van der Waals surface area contributed by atoms with Gasteiger partial charge in [0.15, 0.2) is 0 Å². The van der Waals surface area contributed by atoms with Crippen molar-refractivity contribution in [2.75, 3.05) is 6.26 Å². The van der Waals surface area contributed by atoms with E-state index in [2.05, 4.69) is 9.35 Å². The maximum absolute atomic E-state index is 11.8. The Hall–Kier alpha value is -0.830. The van der Waals surface area contributed by atoms with Crippen molar-refractivity contribution in [3.05, 3.63) is 29.0 Å². The molecule has 4 nitrogen and oxygen atoms in total. The lowest BCUT2D eigenvalue weighted by atomic mass is 10.3. The second-order valence-electron chi connectivity index (χ2n) is 2.78. The third kappa shape index (κ3) is 3.06. The highest BCUT2D eigenvalue weighted by atomic mass is 35.5. The molecule has 15 heavy (non-hydrogen) atoms. The van der Waals surface area contributed by atoms with Crippen LogP contribution in [0.3, 0.4) is 0 Å². The standard InChI is InChI=1S/C8H7Cl2N3OS/c1-15(14,13-5-11)8(10)6-2-3-7(9)12-4-6/h2-4,8H,1H3. The number of alkyl halides is 1. The first kappa shape index (κ1) is 12.2. The normalized spacial score (nSPS) is 16.1. The zero-order chi connectivity index (χ0) is 11.5. The molecule has 0 saturated carbocycles. The molecule has 1 heterocycles. The summed E-state index contributed by atoms with van der Waals surface area (Å²) in [6.07, 6.45) is 4.22. The Morgan fingerprint density at radius 1 is 1.67 bits per heavy atom. The number of aromatic nitrogens is 1. The zero-order valence-corrected chi connectivity index (χ0v) is 10.1. The Balaban J connectivity index is 3.12. The zero-order valence-electron chi connectivity index (χ0n) is 7.72. The molecule has 0 aliphatic carbocycles. The SMILES string of the molecule is CS(=O)(=NC#N)C(Cl)c1ccc(Cl)nc1. The maximum Gasteiger partial charge on any atom is 0.214 e. The topological polar surface area (TPSA) is 66.1 Å². The fourth-order valence-corrected chi connectivity index (χ4v) is 2.16. The Bertz CT molecular complexity index is 500. The van der Waals surface area contributed by atoms with E-state index in [1.165, 1.54) is 24.7 Å². The number of hydrogen-bond acceptors (Lipinski definition) is 4. The highest BCUT2D eigenvalue weighted by molar-refractivity contribution is 7.94. The van der Waals surface area contributed by atoms with Crippen LogP contribution < -0.4 is 0 Å². The van der Waals surface area contributed by atoms with Gasteiger partial charge in [0, 0.05) is 18.0 Å². The molecule has 0 N–H and O–H groups in total. The van der Waals surface area contributed by atoms with Crippen LogP contribution in [0.5, 0.6) is 0 Å². The van der Waals surface area contributed by atoms with Crippen LogP contribution in [0, 0.1) is 11.5 Å². The van der Waals surface area contributed by atoms with Gasteiger partial charge >= 0.3 is 0 Å². The smallest absolute Gasteiger partial charge is 0.214 e. The van der Waals surface area contributed by atoms with Crippen molar-refractivity contribution in [3.8, 4) is 6.19 Å². The Morgan fingerprint density at radius 3 is 2.80 bits per heavy atom. The predicted molar refractivity (Wildman–Crippen MR) is 59.9 cm³/mol. The lowest BCUT2D eigenvalue weighted by molar-refractivity contribution is 0.679. The van der Waals surface area contributed by atoms with Gasteiger partial charge in [-0.25, -0.2) is 9.19 Å². The van der Waals surface area contributed by atoms with Crippen LogP contribution in [0.1, 0.15) is 10.3 Å². The summed E-state index contributed by atoms with van der Waals surface area (Å²) < 4.78 is 14.2. The Kier molecular flexibility index (Phi) is 3.91. The van der Waals surface area contributed by atoms with Gasteiger partial charge in [-0.05, 0) is 6.07 Å². The molecule has 7 heteroatoms. The summed E-state index contributed by atoms with van der Waals surface area (Å²) in [5.41, 5.74) is 0.521. The maximum atomic E-state index is 11.8. The van der Waals surface area contributed by atoms with E-state index < -0.39 is 14.4 Å². The van der Waals surface area contributed by atoms with Gasteiger partial charge in [0.1, 0.15) is 9.86 Å². The number of halogens is 2. The van der Waals surface area contributed by atoms with Crippen LogP contribution in [0.2, 0.25) is 5.15 Å². The monoisotopic (exact) mass is 263 g/mol. The van der Waals surface area contributed by atoms with E-state index in [4.69, 9.17) is 28.5 Å². The van der Waals surface area contributed by atoms with Gasteiger partial charge < -0.3 is 0 Å². The largest absolute Gasteiger partial charge is 0.247 e. The van der Waals surface area contributed by atoms with Crippen LogP contribution >= 0.6 is 23.2 Å². The van der Waals surface area contributed by atoms with E-state index >= 15 is 0 Å². The number of nitrogens with zero attached hydrogens (tertiary/aromatic N) is 3. The number of nitriles is 1. The van der Waals surface area contributed by atoms with Crippen molar-refractivity contribution in [1.82, 2.24) is 4.98 Å². The second-order valence-corrected chi connectivity index (χ2v) is 6.24. The minimum absolute atomic E-state index is 0.322. The molecule has 0 aliphatic rings. The van der Waals surface area contributed by atoms with Gasteiger partial charge in [-0.15, -0.1) is 16.0 Å². The number of rotatable bonds is 2. The molecule has 0 amide bonds. The lowest BCUT2D eigenvalue weighted by Crippen LogP contribution is -2.05. The quantitative estimate of drug-likeness (QED) is 0.468. The molecule has 0 saturated heterocycles. The fraction of sp³-hybridized carbons (Fsp3) is 0.250. The van der Waals surface area contributed by atoms with E-state index in [1.54, 1.807) is 6.07 Å². The molecule has 2 atom stereocenters. The van der Waals surface area contributed by atoms with E-state index in [0.29, 0.717) is 10.7 Å². The molecule has 2 unspecified atom stereocenters. The number of pyridine rings is 1. The average molecular weight is 264 g/mol. The van der Waals surface area contributed by atoms with E-state index in [9.17, 15) is 4.21 Å². The van der Waals surface area contributed by atoms with Crippen molar-refractivity contribution in [2.45, 2.75) is 4.71 Å². The van der Waals surface area contributed by atoms with E-state index in [-0.39, 0.29) is 0 Å². The van der Waals surface area contributed by atoms with Crippen molar-refractivity contribution in [2.24, 2.45) is 4.36 Å². The van der Waals surface area contributed by atoms with Crippen LogP contribution in [-0.4, -0.2) is 15.4 Å². The predicted octanol–water partition coefficient (Wildman–Crippen LogP) is 2.55. The summed E-state index contributed by atoms with van der Waals surface area (Å²) in [5.74, 6) is 0. The second kappa shape index (κ2) is 4.79. The summed E-state index contributed by atoms with van der Waals surface area (Å²) in [7, 11) is -2.78. The van der Waals surface area contributed by atoms with Crippen molar-refractivity contribution >= 4 is 32.9 Å². The first-order valence-electron chi connectivity index (χ1n) is 3.82. The van der Waals surface area contributed by atoms with E-state index in [1.807, 2.05) is 0 Å².